The molecule has 0 aromatic heterocycles. The summed E-state index contributed by atoms with van der Waals surface area (Å²) in [5.74, 6) is 0. The predicted octanol–water partition coefficient (Wildman–Crippen LogP) is 9.39. The van der Waals surface area contributed by atoms with Crippen LogP contribution >= 0.6 is 0 Å². The van der Waals surface area contributed by atoms with Crippen molar-refractivity contribution >= 4 is 86.1 Å². The number of allylic oxidation sites excluding steroid dienone is 2. The Morgan fingerprint density at radius 1 is 0.425 bits per heavy atom. The first-order valence-electron chi connectivity index (χ1n) is 15.7. The fourth-order valence-corrected chi connectivity index (χ4v) is 187. The number of nitrogens with zero attached hydrogens (tertiary/aromatic N) is 2. The molecule has 0 atom stereocenters. The molecule has 0 saturated heterocycles. The molecule has 1 rings (SSSR count). The quantitative estimate of drug-likeness (QED) is 0.226. The van der Waals surface area contributed by atoms with Crippen LogP contribution in [0, 0.1) is 0 Å². The van der Waals surface area contributed by atoms with Gasteiger partial charge in [0, 0.05) is 60.2 Å². The minimum absolute atomic E-state index is 0.0255. The van der Waals surface area contributed by atoms with Crippen molar-refractivity contribution in [3.05, 3.63) is 11.4 Å². The smallest absolute Gasteiger partial charge is 0.0306 e. The van der Waals surface area contributed by atoms with E-state index in [2.05, 4.69) is 169 Å². The van der Waals surface area contributed by atoms with Gasteiger partial charge in [-0.3, -0.25) is 0 Å². The molecule has 0 aromatic carbocycles. The van der Waals surface area contributed by atoms with Gasteiger partial charge in [0.05, 0.1) is 0 Å². The molecule has 11 heteroatoms. The van der Waals surface area contributed by atoms with E-state index in [4.69, 9.17) is 0 Å². The molecule has 236 valence electrons. The van der Waals surface area contributed by atoms with E-state index in [1.807, 2.05) is 0 Å². The van der Waals surface area contributed by atoms with Crippen LogP contribution in [0.3, 0.4) is 0 Å². The molecule has 0 amide bonds. The van der Waals surface area contributed by atoms with Crippen molar-refractivity contribution in [3.63, 3.8) is 0 Å². The molecule has 0 N–H and O–H groups in total. The Labute approximate surface area is 276 Å². The van der Waals surface area contributed by atoms with Crippen LogP contribution in [-0.4, -0.2) is 108 Å². The maximum atomic E-state index is 2.61. The second-order valence-electron chi connectivity index (χ2n) is 18.7. The van der Waals surface area contributed by atoms with Crippen LogP contribution in [-0.2, 0) is 0 Å². The molecule has 1 aliphatic rings. The maximum Gasteiger partial charge on any atom is 0.0306 e. The van der Waals surface area contributed by atoms with Crippen molar-refractivity contribution in [1.29, 1.82) is 0 Å². The van der Waals surface area contributed by atoms with E-state index < -0.39 is 45.5 Å². The van der Waals surface area contributed by atoms with E-state index in [-0.39, 0.29) is 14.7 Å². The molecule has 0 fully saturated rings. The van der Waals surface area contributed by atoms with Crippen molar-refractivity contribution in [2.75, 3.05) is 0 Å². The molecule has 4 radical (unpaired) electrons. The molecule has 40 heavy (non-hydrogen) atoms. The van der Waals surface area contributed by atoms with Crippen molar-refractivity contribution in [3.8, 4) is 0 Å². The fourth-order valence-electron chi connectivity index (χ4n) is 8.80. The zero-order valence-electron chi connectivity index (χ0n) is 32.0. The van der Waals surface area contributed by atoms with Gasteiger partial charge in [-0.25, -0.2) is 0 Å². The number of rotatable bonds is 8. The van der Waals surface area contributed by atoms with Gasteiger partial charge in [0.1, 0.15) is 0 Å². The van der Waals surface area contributed by atoms with Crippen LogP contribution < -0.4 is 0 Å². The van der Waals surface area contributed by atoms with Crippen LogP contribution in [0.25, 0.3) is 0 Å². The first-order chi connectivity index (χ1) is 17.1. The van der Waals surface area contributed by atoms with Gasteiger partial charge in [-0.1, -0.05) is 118 Å². The Morgan fingerprint density at radius 3 is 0.625 bits per heavy atom. The van der Waals surface area contributed by atoms with E-state index in [9.17, 15) is 0 Å². The first-order valence-corrected chi connectivity index (χ1v) is 47.1. The standard InChI is InChI=1S/C11H20N2.2C9H27Si4.Sn/c1-8(2)12-7-13(9(3)4)11(6)10(12)5;2*1-11(2,3)10(12(4,5)6)13(7,8)9;/h8-9H,1-6H3;2*1-9H3;. The summed E-state index contributed by atoms with van der Waals surface area (Å²) in [4.78, 5) is 4.90. The molecule has 1 heterocycles. The van der Waals surface area contributed by atoms with E-state index >= 15 is 0 Å². The summed E-state index contributed by atoms with van der Waals surface area (Å²) in [6.45, 7) is 60.4. The second-order valence-corrected chi connectivity index (χ2v) is 93.4. The minimum Gasteiger partial charge on any atom is -0.0721 e. The van der Waals surface area contributed by atoms with Gasteiger partial charge in [0.15, 0.2) is 0 Å². The summed E-state index contributed by atoms with van der Waals surface area (Å²) >= 11 is 1.50. The van der Waals surface area contributed by atoms with E-state index in [1.54, 1.807) is 0 Å². The van der Waals surface area contributed by atoms with Gasteiger partial charge >= 0.3 is 101 Å². The summed E-state index contributed by atoms with van der Waals surface area (Å²) < 4.78 is 1.46. The second kappa shape index (κ2) is 15.4. The summed E-state index contributed by atoms with van der Waals surface area (Å²) in [5.41, 5.74) is 2.83. The molecule has 0 bridgehead atoms. The molecular formula is C29H74N2Si8Sn. The van der Waals surface area contributed by atoms with Crippen molar-refractivity contribution in [2.24, 2.45) is 0 Å². The fraction of sp³-hybridized carbons (Fsp3) is 0.897. The van der Waals surface area contributed by atoms with Crippen LogP contribution in [0.2, 0.25) is 118 Å². The predicted molar refractivity (Wildman–Crippen MR) is 215 cm³/mol. The Kier molecular flexibility index (Phi) is 16.8. The average Bonchev–Trinajstić information content (AvgIpc) is 2.75. The van der Waals surface area contributed by atoms with Crippen LogP contribution in [0.15, 0.2) is 11.4 Å². The van der Waals surface area contributed by atoms with Gasteiger partial charge in [-0.15, -0.1) is 0 Å². The summed E-state index contributed by atoms with van der Waals surface area (Å²) in [6, 6.07) is 1.14. The van der Waals surface area contributed by atoms with Crippen molar-refractivity contribution in [1.82, 2.24) is 9.80 Å². The molecule has 0 aliphatic carbocycles. The number of hydrogen-bond donors (Lipinski definition) is 0. The largest absolute Gasteiger partial charge is 0.0721 e. The Morgan fingerprint density at radius 2 is 0.575 bits per heavy atom. The van der Waals surface area contributed by atoms with Crippen molar-refractivity contribution < 1.29 is 0 Å². The van der Waals surface area contributed by atoms with Crippen LogP contribution in [0.4, 0.5) is 0 Å². The normalized spacial score (nSPS) is 16.2. The molecule has 0 unspecified atom stereocenters. The third-order valence-electron chi connectivity index (χ3n) is 7.24. The minimum atomic E-state index is -0.832. The van der Waals surface area contributed by atoms with E-state index in [0.29, 0.717) is 12.1 Å². The van der Waals surface area contributed by atoms with Crippen molar-refractivity contribution in [2.45, 2.75) is 171 Å². The third-order valence-corrected chi connectivity index (χ3v) is 126. The monoisotopic (exact) mass is 794 g/mol. The Bertz CT molecular complexity index is 712. The van der Waals surface area contributed by atoms with Gasteiger partial charge in [-0.2, -0.15) is 0 Å². The Hall–Kier alpha value is 1.74. The summed E-state index contributed by atoms with van der Waals surface area (Å²) in [5, 5.41) is 0. The number of hydrogen-bond acceptors (Lipinski definition) is 2. The zero-order valence-corrected chi connectivity index (χ0v) is 42.9. The van der Waals surface area contributed by atoms with Gasteiger partial charge in [-0.05, 0) is 0 Å². The van der Waals surface area contributed by atoms with Crippen LogP contribution in [0.5, 0.6) is 0 Å². The Balaban J connectivity index is 0. The zero-order chi connectivity index (χ0) is 33.2. The maximum absolute atomic E-state index is 2.61. The van der Waals surface area contributed by atoms with Gasteiger partial charge < -0.3 is 0 Å². The molecule has 2 nitrogen and oxygen atoms in total. The van der Waals surface area contributed by atoms with Gasteiger partial charge in [0.2, 0.25) is 0 Å². The molecule has 0 aromatic rings. The topological polar surface area (TPSA) is 6.48 Å². The average molecular weight is 794 g/mol. The molecule has 0 saturated carbocycles. The van der Waals surface area contributed by atoms with Crippen LogP contribution in [0.1, 0.15) is 41.5 Å². The molecular weight excluding hydrogens is 720 g/mol. The third kappa shape index (κ3) is 13.8. The molecule has 0 spiro atoms. The summed E-state index contributed by atoms with van der Waals surface area (Å²) in [6.07, 6.45) is 0. The molecule has 1 aliphatic heterocycles. The van der Waals surface area contributed by atoms with E-state index in [1.165, 1.54) is 37.2 Å². The first kappa shape index (κ1) is 43.9. The summed E-state index contributed by atoms with van der Waals surface area (Å²) in [7, 11) is -4.94. The SMILES string of the molecule is CC1=C(C)N(C(C)C)[C](=[Sn])N1C(C)C.C[Si](C)(C)[Si]([Si](C)(C)C)[Si](C)(C)C.C[Si](C)(C)[Si]([Si](C)(C)C)[Si](C)(C)C. The van der Waals surface area contributed by atoms with E-state index in [0.717, 1.165) is 0 Å². The van der Waals surface area contributed by atoms with Gasteiger partial charge in [0.25, 0.3) is 0 Å².